The van der Waals surface area contributed by atoms with Gasteiger partial charge >= 0.3 is 0 Å². The predicted octanol–water partition coefficient (Wildman–Crippen LogP) is 0.957. The van der Waals surface area contributed by atoms with Crippen LogP contribution in [-0.2, 0) is 16.0 Å². The summed E-state index contributed by atoms with van der Waals surface area (Å²) in [5.41, 5.74) is 2.47. The summed E-state index contributed by atoms with van der Waals surface area (Å²) in [6.07, 6.45) is 5.44. The van der Waals surface area contributed by atoms with Gasteiger partial charge in [0.1, 0.15) is 12.1 Å². The molecule has 30 heavy (non-hydrogen) atoms. The minimum Gasteiger partial charge on any atom is -0.361 e. The van der Waals surface area contributed by atoms with Crippen molar-refractivity contribution in [1.82, 2.24) is 25.1 Å². The Bertz CT molecular complexity index is 1130. The lowest BCUT2D eigenvalue weighted by atomic mass is 9.98. The van der Waals surface area contributed by atoms with Gasteiger partial charge in [-0.2, -0.15) is 0 Å². The van der Waals surface area contributed by atoms with E-state index in [-0.39, 0.29) is 24.3 Å². The van der Waals surface area contributed by atoms with E-state index in [1.54, 1.807) is 28.1 Å². The van der Waals surface area contributed by atoms with E-state index < -0.39 is 12.1 Å². The number of carbonyl (C=O) groups excluding carboxylic acids is 3. The molecule has 3 amide bonds. The van der Waals surface area contributed by atoms with E-state index in [9.17, 15) is 14.4 Å². The molecule has 3 aromatic rings. The Morgan fingerprint density at radius 1 is 1.13 bits per heavy atom. The standard InChI is InChI=1S/C22H21N5O3/c28-20-19-13-26(21(29)14-4-3-7-23-11-14)8-9-27(19)22(30)18(25-20)10-15-12-24-17-6-2-1-5-16(15)17/h1-7,11-12,18-19,24H,8-10,13H2,(H,25,28)/t18-,19-/m0/s1. The number of benzene rings is 1. The summed E-state index contributed by atoms with van der Waals surface area (Å²) >= 11 is 0. The highest BCUT2D eigenvalue weighted by Gasteiger charge is 2.44. The zero-order valence-electron chi connectivity index (χ0n) is 16.2. The van der Waals surface area contributed by atoms with Crippen molar-refractivity contribution >= 4 is 28.6 Å². The number of hydrogen-bond donors (Lipinski definition) is 2. The summed E-state index contributed by atoms with van der Waals surface area (Å²) in [6.45, 7) is 0.918. The number of piperazine rings is 2. The Balaban J connectivity index is 1.31. The second-order valence-corrected chi connectivity index (χ2v) is 7.67. The second kappa shape index (κ2) is 7.29. The molecule has 8 nitrogen and oxygen atoms in total. The SMILES string of the molecule is O=C1N[C@@H](Cc2c[nH]c3ccccc23)C(=O)N2CCN(C(=O)c3cccnc3)C[C@@H]12. The molecule has 2 atom stereocenters. The fourth-order valence-electron chi connectivity index (χ4n) is 4.32. The number of H-pyrrole nitrogens is 1. The number of pyridine rings is 1. The molecule has 2 aromatic heterocycles. The van der Waals surface area contributed by atoms with E-state index in [1.807, 2.05) is 30.5 Å². The van der Waals surface area contributed by atoms with Crippen molar-refractivity contribution in [2.75, 3.05) is 19.6 Å². The maximum Gasteiger partial charge on any atom is 0.255 e. The molecule has 0 radical (unpaired) electrons. The lowest BCUT2D eigenvalue weighted by Gasteiger charge is -2.45. The molecule has 2 aliphatic rings. The molecule has 0 bridgehead atoms. The van der Waals surface area contributed by atoms with Gasteiger partial charge in [0.25, 0.3) is 5.91 Å². The van der Waals surface area contributed by atoms with Crippen LogP contribution in [0.15, 0.2) is 55.0 Å². The summed E-state index contributed by atoms with van der Waals surface area (Å²) in [5.74, 6) is -0.495. The molecule has 5 rings (SSSR count). The second-order valence-electron chi connectivity index (χ2n) is 7.67. The van der Waals surface area contributed by atoms with Crippen molar-refractivity contribution in [2.24, 2.45) is 0 Å². The third-order valence-corrected chi connectivity index (χ3v) is 5.88. The molecule has 0 unspecified atom stereocenters. The third kappa shape index (κ3) is 3.10. The smallest absolute Gasteiger partial charge is 0.255 e. The first-order valence-electron chi connectivity index (χ1n) is 9.97. The predicted molar refractivity (Wildman–Crippen MR) is 110 cm³/mol. The molecule has 2 N–H and O–H groups in total. The van der Waals surface area contributed by atoms with Crippen molar-refractivity contribution in [2.45, 2.75) is 18.5 Å². The zero-order valence-corrected chi connectivity index (χ0v) is 16.2. The number of nitrogens with one attached hydrogen (secondary N) is 2. The van der Waals surface area contributed by atoms with Crippen LogP contribution in [0.25, 0.3) is 10.9 Å². The van der Waals surface area contributed by atoms with Gasteiger partial charge in [0.2, 0.25) is 11.8 Å². The number of amides is 3. The van der Waals surface area contributed by atoms with Crippen LogP contribution in [0.4, 0.5) is 0 Å². The quantitative estimate of drug-likeness (QED) is 0.681. The number of hydrogen-bond acceptors (Lipinski definition) is 4. The number of fused-ring (bicyclic) bond motifs is 2. The maximum atomic E-state index is 13.1. The Morgan fingerprint density at radius 3 is 2.83 bits per heavy atom. The maximum absolute atomic E-state index is 13.1. The molecular weight excluding hydrogens is 382 g/mol. The van der Waals surface area contributed by atoms with Gasteiger partial charge in [0.15, 0.2) is 0 Å². The highest BCUT2D eigenvalue weighted by molar-refractivity contribution is 5.99. The number of carbonyl (C=O) groups is 3. The largest absolute Gasteiger partial charge is 0.361 e. The molecule has 0 aliphatic carbocycles. The zero-order chi connectivity index (χ0) is 20.7. The Labute approximate surface area is 172 Å². The molecule has 1 aromatic carbocycles. The van der Waals surface area contributed by atoms with Gasteiger partial charge < -0.3 is 20.1 Å². The molecule has 2 fully saturated rings. The lowest BCUT2D eigenvalue weighted by molar-refractivity contribution is -0.152. The van der Waals surface area contributed by atoms with Gasteiger partial charge in [0.05, 0.1) is 12.1 Å². The Morgan fingerprint density at radius 2 is 2.00 bits per heavy atom. The summed E-state index contributed by atoms with van der Waals surface area (Å²) < 4.78 is 0. The van der Waals surface area contributed by atoms with Crippen LogP contribution in [0.1, 0.15) is 15.9 Å². The van der Waals surface area contributed by atoms with E-state index in [4.69, 9.17) is 0 Å². The van der Waals surface area contributed by atoms with Crippen LogP contribution in [-0.4, -0.2) is 69.2 Å². The Hall–Kier alpha value is -3.68. The molecule has 2 aliphatic heterocycles. The number of para-hydroxylation sites is 1. The average molecular weight is 403 g/mol. The van der Waals surface area contributed by atoms with E-state index in [0.29, 0.717) is 25.1 Å². The van der Waals surface area contributed by atoms with Gasteiger partial charge in [-0.05, 0) is 23.8 Å². The molecule has 2 saturated heterocycles. The van der Waals surface area contributed by atoms with Crippen molar-refractivity contribution in [3.05, 3.63) is 66.1 Å². The fraction of sp³-hybridized carbons (Fsp3) is 0.273. The summed E-state index contributed by atoms with van der Waals surface area (Å²) in [6, 6.07) is 10.0. The normalized spacial score (nSPS) is 21.5. The topological polar surface area (TPSA) is 98.4 Å². The van der Waals surface area contributed by atoms with Crippen molar-refractivity contribution < 1.29 is 14.4 Å². The van der Waals surface area contributed by atoms with Gasteiger partial charge in [0, 0.05) is 49.0 Å². The lowest BCUT2D eigenvalue weighted by Crippen LogP contribution is -2.70. The Kier molecular flexibility index (Phi) is 4.46. The van der Waals surface area contributed by atoms with E-state index in [2.05, 4.69) is 15.3 Å². The number of nitrogens with zero attached hydrogens (tertiary/aromatic N) is 3. The van der Waals surface area contributed by atoms with Crippen LogP contribution >= 0.6 is 0 Å². The number of rotatable bonds is 3. The average Bonchev–Trinajstić information content (AvgIpc) is 3.20. The summed E-state index contributed by atoms with van der Waals surface area (Å²) in [4.78, 5) is 49.1. The molecule has 4 heterocycles. The minimum absolute atomic E-state index is 0.0987. The monoisotopic (exact) mass is 403 g/mol. The van der Waals surface area contributed by atoms with Gasteiger partial charge in [-0.15, -0.1) is 0 Å². The first kappa shape index (κ1) is 18.4. The highest BCUT2D eigenvalue weighted by atomic mass is 16.2. The third-order valence-electron chi connectivity index (χ3n) is 5.88. The van der Waals surface area contributed by atoms with Gasteiger partial charge in [-0.25, -0.2) is 0 Å². The molecule has 0 saturated carbocycles. The van der Waals surface area contributed by atoms with Gasteiger partial charge in [-0.1, -0.05) is 18.2 Å². The highest BCUT2D eigenvalue weighted by Crippen LogP contribution is 2.23. The number of aromatic nitrogens is 2. The van der Waals surface area contributed by atoms with Crippen LogP contribution in [0.2, 0.25) is 0 Å². The van der Waals surface area contributed by atoms with Crippen LogP contribution in [0, 0.1) is 0 Å². The molecule has 152 valence electrons. The molecular formula is C22H21N5O3. The first-order chi connectivity index (χ1) is 14.6. The van der Waals surface area contributed by atoms with Gasteiger partial charge in [-0.3, -0.25) is 19.4 Å². The van der Waals surface area contributed by atoms with Crippen molar-refractivity contribution in [3.8, 4) is 0 Å². The van der Waals surface area contributed by atoms with Crippen LogP contribution < -0.4 is 5.32 Å². The van der Waals surface area contributed by atoms with Crippen LogP contribution in [0.3, 0.4) is 0 Å². The fourth-order valence-corrected chi connectivity index (χ4v) is 4.32. The van der Waals surface area contributed by atoms with Crippen molar-refractivity contribution in [1.29, 1.82) is 0 Å². The van der Waals surface area contributed by atoms with Crippen LogP contribution in [0.5, 0.6) is 0 Å². The molecule has 0 spiro atoms. The minimum atomic E-state index is -0.661. The van der Waals surface area contributed by atoms with Crippen molar-refractivity contribution in [3.63, 3.8) is 0 Å². The molecule has 8 heteroatoms. The van der Waals surface area contributed by atoms with E-state index >= 15 is 0 Å². The first-order valence-corrected chi connectivity index (χ1v) is 9.97. The number of aromatic amines is 1. The van der Waals surface area contributed by atoms with E-state index in [1.165, 1.54) is 6.20 Å². The summed E-state index contributed by atoms with van der Waals surface area (Å²) in [5, 5.41) is 3.92. The summed E-state index contributed by atoms with van der Waals surface area (Å²) in [7, 11) is 0. The van der Waals surface area contributed by atoms with E-state index in [0.717, 1.165) is 16.5 Å².